The van der Waals surface area contributed by atoms with Crippen molar-refractivity contribution in [1.82, 2.24) is 15.1 Å². The smallest absolute Gasteiger partial charge is 0.272 e. The number of hydrogen-bond donors (Lipinski definition) is 1. The highest BCUT2D eigenvalue weighted by Crippen LogP contribution is 2.41. The first-order chi connectivity index (χ1) is 14.1. The van der Waals surface area contributed by atoms with E-state index in [1.165, 1.54) is 5.56 Å². The molecule has 6 nitrogen and oxygen atoms in total. The van der Waals surface area contributed by atoms with E-state index in [0.29, 0.717) is 11.4 Å². The Bertz CT molecular complexity index is 1120. The number of ether oxygens (including phenoxy) is 2. The number of rotatable bonds is 4. The molecule has 1 atom stereocenters. The van der Waals surface area contributed by atoms with E-state index in [1.54, 1.807) is 0 Å². The fraction of sp³-hybridized carbons (Fsp3) is 0.304. The summed E-state index contributed by atoms with van der Waals surface area (Å²) in [5.74, 6) is 1.49. The van der Waals surface area contributed by atoms with Crippen LogP contribution in [0.4, 0.5) is 0 Å². The van der Waals surface area contributed by atoms with Crippen molar-refractivity contribution in [2.45, 2.75) is 39.2 Å². The van der Waals surface area contributed by atoms with Gasteiger partial charge in [0.25, 0.3) is 5.91 Å². The molecule has 0 saturated heterocycles. The number of para-hydroxylation sites is 1. The number of fused-ring (bicyclic) bond motifs is 2. The monoisotopic (exact) mass is 389 g/mol. The van der Waals surface area contributed by atoms with Gasteiger partial charge in [-0.1, -0.05) is 45.0 Å². The topological polar surface area (TPSA) is 65.4 Å². The third-order valence-electron chi connectivity index (χ3n) is 5.62. The van der Waals surface area contributed by atoms with E-state index in [2.05, 4.69) is 38.2 Å². The maximum Gasteiger partial charge on any atom is 0.272 e. The summed E-state index contributed by atoms with van der Waals surface area (Å²) in [4.78, 5) is 12.8. The van der Waals surface area contributed by atoms with Crippen LogP contribution in [0.2, 0.25) is 0 Å². The second-order valence-electron chi connectivity index (χ2n) is 7.72. The van der Waals surface area contributed by atoms with Gasteiger partial charge in [-0.25, -0.2) is 4.68 Å². The second kappa shape index (κ2) is 6.65. The van der Waals surface area contributed by atoms with Gasteiger partial charge in [-0.2, -0.15) is 5.10 Å². The van der Waals surface area contributed by atoms with Crippen LogP contribution in [0.1, 0.15) is 65.6 Å². The molecule has 0 bridgehead atoms. The van der Waals surface area contributed by atoms with Gasteiger partial charge < -0.3 is 14.8 Å². The lowest BCUT2D eigenvalue weighted by molar-refractivity contribution is 0.0955. The molecule has 0 aliphatic carbocycles. The van der Waals surface area contributed by atoms with Crippen LogP contribution in [0.3, 0.4) is 0 Å². The number of aromatic nitrogens is 2. The van der Waals surface area contributed by atoms with Crippen LogP contribution < -0.4 is 14.8 Å². The third-order valence-corrected chi connectivity index (χ3v) is 5.62. The maximum atomic E-state index is 12.8. The number of benzene rings is 2. The van der Waals surface area contributed by atoms with Gasteiger partial charge in [0.2, 0.25) is 6.79 Å². The number of nitrogens with zero attached hydrogens (tertiary/aromatic N) is 2. The quantitative estimate of drug-likeness (QED) is 0.729. The summed E-state index contributed by atoms with van der Waals surface area (Å²) in [5, 5.41) is 7.87. The lowest BCUT2D eigenvalue weighted by Crippen LogP contribution is -2.23. The summed E-state index contributed by atoms with van der Waals surface area (Å²) < 4.78 is 12.9. The Morgan fingerprint density at radius 3 is 2.76 bits per heavy atom. The molecule has 29 heavy (non-hydrogen) atoms. The second-order valence-corrected chi connectivity index (χ2v) is 7.72. The summed E-state index contributed by atoms with van der Waals surface area (Å²) in [6.45, 7) is 6.64. The summed E-state index contributed by atoms with van der Waals surface area (Å²) in [7, 11) is 0. The summed E-state index contributed by atoms with van der Waals surface area (Å²) in [6.07, 6.45) is 0.899. The van der Waals surface area contributed by atoms with Crippen LogP contribution in [0.5, 0.6) is 11.5 Å². The van der Waals surface area contributed by atoms with Crippen molar-refractivity contribution in [2.24, 2.45) is 0 Å². The Balaban J connectivity index is 1.69. The molecule has 0 fully saturated rings. The average molecular weight is 389 g/mol. The molecule has 5 rings (SSSR count). The molecule has 1 unspecified atom stereocenters. The predicted octanol–water partition coefficient (Wildman–Crippen LogP) is 4.12. The lowest BCUT2D eigenvalue weighted by Gasteiger charge is -2.19. The fourth-order valence-electron chi connectivity index (χ4n) is 4.27. The number of amides is 1. The SMILES string of the molecule is CCc1ccccc1-n1nc2c(c1C(C)C)C(c1ccc3c(c1)OCO3)NC2=O. The molecule has 148 valence electrons. The highest BCUT2D eigenvalue weighted by molar-refractivity contribution is 5.98. The zero-order chi connectivity index (χ0) is 20.1. The Kier molecular flexibility index (Phi) is 4.08. The van der Waals surface area contributed by atoms with Crippen LogP contribution in [0.25, 0.3) is 5.69 Å². The number of aryl methyl sites for hydroxylation is 1. The zero-order valence-electron chi connectivity index (χ0n) is 16.7. The molecule has 1 N–H and O–H groups in total. The van der Waals surface area contributed by atoms with E-state index in [0.717, 1.165) is 34.7 Å². The Morgan fingerprint density at radius 1 is 1.17 bits per heavy atom. The van der Waals surface area contributed by atoms with Crippen LogP contribution in [-0.2, 0) is 6.42 Å². The van der Waals surface area contributed by atoms with Crippen LogP contribution in [-0.4, -0.2) is 22.5 Å². The first-order valence-electron chi connectivity index (χ1n) is 10.00. The number of carbonyl (C=O) groups excluding carboxylic acids is 1. The van der Waals surface area contributed by atoms with Crippen LogP contribution >= 0.6 is 0 Å². The van der Waals surface area contributed by atoms with Crippen LogP contribution in [0.15, 0.2) is 42.5 Å². The molecule has 3 heterocycles. The summed E-state index contributed by atoms with van der Waals surface area (Å²) >= 11 is 0. The predicted molar refractivity (Wildman–Crippen MR) is 109 cm³/mol. The minimum Gasteiger partial charge on any atom is -0.454 e. The van der Waals surface area contributed by atoms with Gasteiger partial charge in [-0.15, -0.1) is 0 Å². The molecule has 0 spiro atoms. The molecular formula is C23H23N3O3. The number of hydrogen-bond acceptors (Lipinski definition) is 4. The molecular weight excluding hydrogens is 366 g/mol. The normalized spacial score (nSPS) is 17.0. The third kappa shape index (κ3) is 2.70. The van der Waals surface area contributed by atoms with E-state index >= 15 is 0 Å². The highest BCUT2D eigenvalue weighted by atomic mass is 16.7. The van der Waals surface area contributed by atoms with Gasteiger partial charge in [0, 0.05) is 5.56 Å². The molecule has 2 aliphatic rings. The van der Waals surface area contributed by atoms with E-state index in [9.17, 15) is 4.79 Å². The zero-order valence-corrected chi connectivity index (χ0v) is 16.7. The summed E-state index contributed by atoms with van der Waals surface area (Å²) in [6, 6.07) is 13.8. The molecule has 6 heteroatoms. The van der Waals surface area contributed by atoms with Gasteiger partial charge in [-0.05, 0) is 41.7 Å². The largest absolute Gasteiger partial charge is 0.454 e. The maximum absolute atomic E-state index is 12.8. The first-order valence-corrected chi connectivity index (χ1v) is 10.00. The van der Waals surface area contributed by atoms with Crippen molar-refractivity contribution >= 4 is 5.91 Å². The van der Waals surface area contributed by atoms with Gasteiger partial charge in [-0.3, -0.25) is 4.79 Å². The molecule has 0 radical (unpaired) electrons. The number of carbonyl (C=O) groups is 1. The van der Waals surface area contributed by atoms with E-state index < -0.39 is 0 Å². The average Bonchev–Trinajstić information content (AvgIpc) is 3.42. The molecule has 0 saturated carbocycles. The van der Waals surface area contributed by atoms with E-state index in [1.807, 2.05) is 35.0 Å². The van der Waals surface area contributed by atoms with Crippen molar-refractivity contribution in [3.05, 3.63) is 70.5 Å². The molecule has 3 aromatic rings. The van der Waals surface area contributed by atoms with E-state index in [4.69, 9.17) is 14.6 Å². The first kappa shape index (κ1) is 17.8. The Labute approximate surface area is 169 Å². The van der Waals surface area contributed by atoms with Gasteiger partial charge in [0.15, 0.2) is 17.2 Å². The van der Waals surface area contributed by atoms with E-state index in [-0.39, 0.29) is 24.7 Å². The minimum absolute atomic E-state index is 0.141. The summed E-state index contributed by atoms with van der Waals surface area (Å²) in [5.41, 5.74) is 5.71. The van der Waals surface area contributed by atoms with Gasteiger partial charge in [0.05, 0.1) is 17.4 Å². The van der Waals surface area contributed by atoms with Crippen LogP contribution in [0, 0.1) is 0 Å². The Morgan fingerprint density at radius 2 is 1.97 bits per heavy atom. The molecule has 1 aromatic heterocycles. The standard InChI is InChI=1S/C23H23N3O3/c1-4-14-7-5-6-8-16(14)26-22(13(2)3)19-20(24-23(27)21(19)25-26)15-9-10-17-18(11-15)29-12-28-17/h5-11,13,20H,4,12H2,1-3H3,(H,24,27). The van der Waals surface area contributed by atoms with Crippen molar-refractivity contribution < 1.29 is 14.3 Å². The number of nitrogens with one attached hydrogen (secondary N) is 1. The van der Waals surface area contributed by atoms with Gasteiger partial charge in [0.1, 0.15) is 0 Å². The molecule has 2 aromatic carbocycles. The van der Waals surface area contributed by atoms with Crippen molar-refractivity contribution in [1.29, 1.82) is 0 Å². The van der Waals surface area contributed by atoms with Crippen molar-refractivity contribution in [3.63, 3.8) is 0 Å². The van der Waals surface area contributed by atoms with Gasteiger partial charge >= 0.3 is 0 Å². The highest BCUT2D eigenvalue weighted by Gasteiger charge is 2.38. The molecule has 2 aliphatic heterocycles. The Hall–Kier alpha value is -3.28. The van der Waals surface area contributed by atoms with Crippen molar-refractivity contribution in [3.8, 4) is 17.2 Å². The lowest BCUT2D eigenvalue weighted by atomic mass is 9.94. The van der Waals surface area contributed by atoms with Crippen molar-refractivity contribution in [2.75, 3.05) is 6.79 Å². The molecule has 1 amide bonds. The fourth-order valence-corrected chi connectivity index (χ4v) is 4.27. The minimum atomic E-state index is -0.257.